The van der Waals surface area contributed by atoms with E-state index in [4.69, 9.17) is 0 Å². The maximum atomic E-state index is 13.6. The fraction of sp³-hybridized carbons (Fsp3) is 0.176. The lowest BCUT2D eigenvalue weighted by Crippen LogP contribution is -1.98. The van der Waals surface area contributed by atoms with E-state index < -0.39 is 0 Å². The molecule has 19 heavy (non-hydrogen) atoms. The second-order valence-electron chi connectivity index (χ2n) is 4.79. The molecule has 3 aromatic rings. The summed E-state index contributed by atoms with van der Waals surface area (Å²) < 4.78 is 15.7. The van der Waals surface area contributed by atoms with Gasteiger partial charge in [-0.3, -0.25) is 0 Å². The molecular weight excluding hydrogens is 237 g/mol. The average Bonchev–Trinajstić information content (AvgIpc) is 2.84. The highest BCUT2D eigenvalue weighted by Gasteiger charge is 2.05. The Bertz CT molecular complexity index is 695. The Morgan fingerprint density at radius 2 is 1.68 bits per heavy atom. The molecule has 0 spiro atoms. The van der Waals surface area contributed by atoms with Crippen LogP contribution in [-0.4, -0.2) is 4.57 Å². The van der Waals surface area contributed by atoms with Crippen molar-refractivity contribution in [2.24, 2.45) is 0 Å². The van der Waals surface area contributed by atoms with Crippen LogP contribution in [-0.2, 0) is 13.0 Å². The molecule has 2 aromatic carbocycles. The Morgan fingerprint density at radius 3 is 2.42 bits per heavy atom. The summed E-state index contributed by atoms with van der Waals surface area (Å²) in [5.41, 5.74) is 3.52. The van der Waals surface area contributed by atoms with Gasteiger partial charge in [0.2, 0.25) is 0 Å². The smallest absolute Gasteiger partial charge is 0.132 e. The molecule has 0 amide bonds. The van der Waals surface area contributed by atoms with Gasteiger partial charge in [-0.2, -0.15) is 0 Å². The first-order chi connectivity index (χ1) is 9.28. The van der Waals surface area contributed by atoms with Crippen molar-refractivity contribution in [2.45, 2.75) is 19.9 Å². The Labute approximate surface area is 112 Å². The molecule has 0 radical (unpaired) electrons. The summed E-state index contributed by atoms with van der Waals surface area (Å²) in [6.07, 6.45) is 3.00. The van der Waals surface area contributed by atoms with Crippen LogP contribution in [0.1, 0.15) is 18.1 Å². The van der Waals surface area contributed by atoms with Gasteiger partial charge in [0.1, 0.15) is 5.82 Å². The summed E-state index contributed by atoms with van der Waals surface area (Å²) >= 11 is 0. The maximum absolute atomic E-state index is 13.6. The highest BCUT2D eigenvalue weighted by atomic mass is 19.1. The van der Waals surface area contributed by atoms with Crippen molar-refractivity contribution in [1.82, 2.24) is 4.57 Å². The van der Waals surface area contributed by atoms with Gasteiger partial charge in [-0.25, -0.2) is 4.39 Å². The number of fused-ring (bicyclic) bond motifs is 1. The predicted molar refractivity (Wildman–Crippen MR) is 76.8 cm³/mol. The molecular formula is C17H16FN. The lowest BCUT2D eigenvalue weighted by Gasteiger charge is -2.06. The van der Waals surface area contributed by atoms with Crippen molar-refractivity contribution < 1.29 is 4.39 Å². The molecule has 3 rings (SSSR count). The number of hydrogen-bond acceptors (Lipinski definition) is 0. The van der Waals surface area contributed by atoms with Gasteiger partial charge in [0.15, 0.2) is 0 Å². The van der Waals surface area contributed by atoms with Gasteiger partial charge in [-0.05, 0) is 35.7 Å². The van der Waals surface area contributed by atoms with Gasteiger partial charge in [0.25, 0.3) is 0 Å². The van der Waals surface area contributed by atoms with E-state index >= 15 is 0 Å². The summed E-state index contributed by atoms with van der Waals surface area (Å²) in [7, 11) is 0. The van der Waals surface area contributed by atoms with E-state index in [1.807, 2.05) is 18.3 Å². The van der Waals surface area contributed by atoms with E-state index in [-0.39, 0.29) is 5.82 Å². The first-order valence-electron chi connectivity index (χ1n) is 6.59. The SMILES string of the molecule is CCc1ccc(Cn2ccc3c(F)cccc32)cc1. The molecule has 0 aliphatic rings. The zero-order valence-corrected chi connectivity index (χ0v) is 10.9. The molecule has 1 aromatic heterocycles. The van der Waals surface area contributed by atoms with Crippen molar-refractivity contribution in [3.63, 3.8) is 0 Å². The number of nitrogens with zero attached hydrogens (tertiary/aromatic N) is 1. The van der Waals surface area contributed by atoms with Gasteiger partial charge < -0.3 is 4.57 Å². The lowest BCUT2D eigenvalue weighted by atomic mass is 10.1. The van der Waals surface area contributed by atoms with Crippen LogP contribution >= 0.6 is 0 Å². The molecule has 1 nitrogen and oxygen atoms in total. The van der Waals surface area contributed by atoms with Gasteiger partial charge in [0.05, 0.1) is 5.52 Å². The highest BCUT2D eigenvalue weighted by molar-refractivity contribution is 5.80. The van der Waals surface area contributed by atoms with E-state index in [1.165, 1.54) is 17.2 Å². The number of hydrogen-bond donors (Lipinski definition) is 0. The molecule has 2 heteroatoms. The second kappa shape index (κ2) is 4.88. The number of halogens is 1. The molecule has 1 heterocycles. The zero-order chi connectivity index (χ0) is 13.2. The molecule has 0 bridgehead atoms. The molecule has 0 saturated carbocycles. The summed E-state index contributed by atoms with van der Waals surface area (Å²) in [4.78, 5) is 0. The number of benzene rings is 2. The third-order valence-electron chi connectivity index (χ3n) is 3.54. The first kappa shape index (κ1) is 12.0. The van der Waals surface area contributed by atoms with E-state index in [1.54, 1.807) is 6.07 Å². The predicted octanol–water partition coefficient (Wildman–Crippen LogP) is 4.39. The molecule has 0 saturated heterocycles. The molecule has 0 atom stereocenters. The standard InChI is InChI=1S/C17H16FN/c1-2-13-6-8-14(9-7-13)12-19-11-10-15-16(18)4-3-5-17(15)19/h3-11H,2,12H2,1H3. The maximum Gasteiger partial charge on any atom is 0.132 e. The van der Waals surface area contributed by atoms with Crippen LogP contribution in [0.5, 0.6) is 0 Å². The zero-order valence-electron chi connectivity index (χ0n) is 10.9. The largest absolute Gasteiger partial charge is 0.343 e. The first-order valence-corrected chi connectivity index (χ1v) is 6.59. The minimum atomic E-state index is -0.155. The minimum absolute atomic E-state index is 0.155. The minimum Gasteiger partial charge on any atom is -0.343 e. The highest BCUT2D eigenvalue weighted by Crippen LogP contribution is 2.20. The molecule has 0 aliphatic heterocycles. The molecule has 0 N–H and O–H groups in total. The van der Waals surface area contributed by atoms with Crippen molar-refractivity contribution in [3.8, 4) is 0 Å². The van der Waals surface area contributed by atoms with Crippen LogP contribution in [0, 0.1) is 5.82 Å². The van der Waals surface area contributed by atoms with Crippen molar-refractivity contribution >= 4 is 10.9 Å². The Hall–Kier alpha value is -2.09. The molecule has 0 aliphatic carbocycles. The molecule has 96 valence electrons. The van der Waals surface area contributed by atoms with Crippen LogP contribution in [0.25, 0.3) is 10.9 Å². The molecule has 0 fully saturated rings. The fourth-order valence-electron chi connectivity index (χ4n) is 2.40. The van der Waals surface area contributed by atoms with E-state index in [0.717, 1.165) is 18.5 Å². The normalized spacial score (nSPS) is 11.1. The number of aryl methyl sites for hydroxylation is 1. The monoisotopic (exact) mass is 253 g/mol. The van der Waals surface area contributed by atoms with E-state index in [0.29, 0.717) is 5.39 Å². The van der Waals surface area contributed by atoms with Crippen molar-refractivity contribution in [3.05, 3.63) is 71.7 Å². The lowest BCUT2D eigenvalue weighted by molar-refractivity contribution is 0.639. The Morgan fingerprint density at radius 1 is 0.947 bits per heavy atom. The van der Waals surface area contributed by atoms with E-state index in [9.17, 15) is 4.39 Å². The van der Waals surface area contributed by atoms with Crippen LogP contribution in [0.4, 0.5) is 4.39 Å². The van der Waals surface area contributed by atoms with Crippen LogP contribution in [0.3, 0.4) is 0 Å². The summed E-state index contributed by atoms with van der Waals surface area (Å²) in [6, 6.07) is 15.7. The summed E-state index contributed by atoms with van der Waals surface area (Å²) in [5.74, 6) is -0.155. The van der Waals surface area contributed by atoms with Crippen LogP contribution < -0.4 is 0 Å². The fourth-order valence-corrected chi connectivity index (χ4v) is 2.40. The summed E-state index contributed by atoms with van der Waals surface area (Å²) in [6.45, 7) is 2.92. The summed E-state index contributed by atoms with van der Waals surface area (Å²) in [5, 5.41) is 0.688. The third-order valence-corrected chi connectivity index (χ3v) is 3.54. The van der Waals surface area contributed by atoms with Crippen molar-refractivity contribution in [1.29, 1.82) is 0 Å². The average molecular weight is 253 g/mol. The number of rotatable bonds is 3. The second-order valence-corrected chi connectivity index (χ2v) is 4.79. The van der Waals surface area contributed by atoms with Crippen LogP contribution in [0.15, 0.2) is 54.7 Å². The van der Waals surface area contributed by atoms with Gasteiger partial charge in [-0.15, -0.1) is 0 Å². The van der Waals surface area contributed by atoms with Crippen molar-refractivity contribution in [2.75, 3.05) is 0 Å². The molecule has 0 unspecified atom stereocenters. The Balaban J connectivity index is 1.94. The Kier molecular flexibility index (Phi) is 3.08. The quantitative estimate of drug-likeness (QED) is 0.652. The van der Waals surface area contributed by atoms with E-state index in [2.05, 4.69) is 35.8 Å². The van der Waals surface area contributed by atoms with Crippen LogP contribution in [0.2, 0.25) is 0 Å². The number of aromatic nitrogens is 1. The third kappa shape index (κ3) is 2.26. The van der Waals surface area contributed by atoms with Gasteiger partial charge >= 0.3 is 0 Å². The topological polar surface area (TPSA) is 4.93 Å². The van der Waals surface area contributed by atoms with Gasteiger partial charge in [0, 0.05) is 18.1 Å². The van der Waals surface area contributed by atoms with Gasteiger partial charge in [-0.1, -0.05) is 37.3 Å².